The van der Waals surface area contributed by atoms with Gasteiger partial charge in [-0.1, -0.05) is 23.7 Å². The van der Waals surface area contributed by atoms with E-state index < -0.39 is 0 Å². The van der Waals surface area contributed by atoms with E-state index in [0.29, 0.717) is 17.6 Å². The van der Waals surface area contributed by atoms with Crippen LogP contribution in [0.2, 0.25) is 5.15 Å². The van der Waals surface area contributed by atoms with E-state index >= 15 is 0 Å². The van der Waals surface area contributed by atoms with Crippen LogP contribution in [0.1, 0.15) is 25.7 Å². The minimum atomic E-state index is 0.341. The average molecular weight is 306 g/mol. The van der Waals surface area contributed by atoms with Gasteiger partial charge in [0.15, 0.2) is 5.15 Å². The standard InChI is InChI=1S/C16H20ClN3O/c17-15-16(20-14-8-2-1-7-13(14)19-15)21-10-4-6-12-5-3-9-18-11-12/h1-2,7-8,12,18H,3-6,9-11H2/t12-/m0/s1. The highest BCUT2D eigenvalue weighted by molar-refractivity contribution is 6.31. The van der Waals surface area contributed by atoms with Crippen molar-refractivity contribution in [3.63, 3.8) is 0 Å². The van der Waals surface area contributed by atoms with Crippen molar-refractivity contribution >= 4 is 22.6 Å². The molecule has 2 aromatic rings. The van der Waals surface area contributed by atoms with Crippen LogP contribution in [0.25, 0.3) is 11.0 Å². The predicted molar refractivity (Wildman–Crippen MR) is 84.9 cm³/mol. The summed E-state index contributed by atoms with van der Waals surface area (Å²) in [6.07, 6.45) is 4.82. The fraction of sp³-hybridized carbons (Fsp3) is 0.500. The molecule has 0 amide bonds. The Balaban J connectivity index is 1.53. The SMILES string of the molecule is Clc1nc2ccccc2nc1OCCC[C@@H]1CCCNC1. The summed E-state index contributed by atoms with van der Waals surface area (Å²) in [7, 11) is 0. The number of aromatic nitrogens is 2. The molecule has 1 aliphatic heterocycles. The second-order valence-corrected chi connectivity index (χ2v) is 5.87. The van der Waals surface area contributed by atoms with E-state index in [9.17, 15) is 0 Å². The highest BCUT2D eigenvalue weighted by Gasteiger charge is 2.13. The summed E-state index contributed by atoms with van der Waals surface area (Å²) in [5.41, 5.74) is 1.61. The lowest BCUT2D eigenvalue weighted by Crippen LogP contribution is -2.29. The second-order valence-electron chi connectivity index (χ2n) is 5.51. The lowest BCUT2D eigenvalue weighted by molar-refractivity contribution is 0.268. The lowest BCUT2D eigenvalue weighted by atomic mass is 9.95. The Morgan fingerprint density at radius 3 is 2.81 bits per heavy atom. The lowest BCUT2D eigenvalue weighted by Gasteiger charge is -2.22. The average Bonchev–Trinajstić information content (AvgIpc) is 2.53. The number of rotatable bonds is 5. The zero-order chi connectivity index (χ0) is 14.5. The third-order valence-electron chi connectivity index (χ3n) is 3.89. The van der Waals surface area contributed by atoms with Crippen LogP contribution in [0.5, 0.6) is 5.88 Å². The van der Waals surface area contributed by atoms with Gasteiger partial charge in [-0.15, -0.1) is 0 Å². The van der Waals surface area contributed by atoms with Gasteiger partial charge in [-0.3, -0.25) is 0 Å². The van der Waals surface area contributed by atoms with Crippen molar-refractivity contribution in [1.29, 1.82) is 0 Å². The summed E-state index contributed by atoms with van der Waals surface area (Å²) < 4.78 is 5.71. The molecule has 5 heteroatoms. The van der Waals surface area contributed by atoms with Gasteiger partial charge in [-0.2, -0.15) is 0 Å². The second kappa shape index (κ2) is 7.05. The van der Waals surface area contributed by atoms with Crippen molar-refractivity contribution in [3.05, 3.63) is 29.4 Å². The van der Waals surface area contributed by atoms with Crippen molar-refractivity contribution in [1.82, 2.24) is 15.3 Å². The van der Waals surface area contributed by atoms with E-state index in [1.807, 2.05) is 24.3 Å². The topological polar surface area (TPSA) is 47.0 Å². The largest absolute Gasteiger partial charge is 0.475 e. The molecule has 112 valence electrons. The molecular weight excluding hydrogens is 286 g/mol. The Bertz CT molecular complexity index is 599. The van der Waals surface area contributed by atoms with E-state index in [1.54, 1.807) is 0 Å². The number of piperidine rings is 1. The van der Waals surface area contributed by atoms with Crippen LogP contribution in [0.15, 0.2) is 24.3 Å². The van der Waals surface area contributed by atoms with Crippen molar-refractivity contribution in [2.45, 2.75) is 25.7 Å². The molecule has 1 fully saturated rings. The highest BCUT2D eigenvalue weighted by Crippen LogP contribution is 2.23. The van der Waals surface area contributed by atoms with E-state index in [-0.39, 0.29) is 0 Å². The number of para-hydroxylation sites is 2. The first-order valence-electron chi connectivity index (χ1n) is 7.59. The van der Waals surface area contributed by atoms with E-state index in [0.717, 1.165) is 36.5 Å². The van der Waals surface area contributed by atoms with Gasteiger partial charge in [0.05, 0.1) is 17.6 Å². The number of halogens is 1. The molecule has 0 unspecified atom stereocenters. The quantitative estimate of drug-likeness (QED) is 0.860. The highest BCUT2D eigenvalue weighted by atomic mass is 35.5. The van der Waals surface area contributed by atoms with E-state index in [2.05, 4.69) is 15.3 Å². The molecule has 0 saturated carbocycles. The summed E-state index contributed by atoms with van der Waals surface area (Å²) in [6.45, 7) is 2.94. The van der Waals surface area contributed by atoms with Gasteiger partial charge in [-0.25, -0.2) is 9.97 Å². The van der Waals surface area contributed by atoms with Gasteiger partial charge < -0.3 is 10.1 Å². The van der Waals surface area contributed by atoms with Gasteiger partial charge in [0.1, 0.15) is 0 Å². The van der Waals surface area contributed by atoms with Gasteiger partial charge in [0.2, 0.25) is 0 Å². The molecule has 1 saturated heterocycles. The number of hydrogen-bond donors (Lipinski definition) is 1. The van der Waals surface area contributed by atoms with Gasteiger partial charge >= 0.3 is 0 Å². The molecule has 21 heavy (non-hydrogen) atoms. The zero-order valence-corrected chi connectivity index (χ0v) is 12.8. The van der Waals surface area contributed by atoms with Crippen LogP contribution in [-0.2, 0) is 0 Å². The maximum Gasteiger partial charge on any atom is 0.252 e. The van der Waals surface area contributed by atoms with Crippen LogP contribution < -0.4 is 10.1 Å². The van der Waals surface area contributed by atoms with Crippen molar-refractivity contribution in [2.75, 3.05) is 19.7 Å². The first kappa shape index (κ1) is 14.5. The zero-order valence-electron chi connectivity index (χ0n) is 12.0. The maximum atomic E-state index is 6.12. The third-order valence-corrected chi connectivity index (χ3v) is 4.14. The normalized spacial score (nSPS) is 18.8. The molecule has 1 aliphatic rings. The Morgan fingerprint density at radius 2 is 2.05 bits per heavy atom. The maximum absolute atomic E-state index is 6.12. The molecule has 2 heterocycles. The third kappa shape index (κ3) is 3.83. The first-order chi connectivity index (χ1) is 10.3. The summed E-state index contributed by atoms with van der Waals surface area (Å²) in [4.78, 5) is 8.74. The van der Waals surface area contributed by atoms with E-state index in [4.69, 9.17) is 16.3 Å². The molecule has 0 bridgehead atoms. The van der Waals surface area contributed by atoms with Crippen molar-refractivity contribution < 1.29 is 4.74 Å². The molecule has 3 rings (SSSR count). The van der Waals surface area contributed by atoms with Gasteiger partial charge in [0, 0.05) is 0 Å². The fourth-order valence-corrected chi connectivity index (χ4v) is 2.95. The van der Waals surface area contributed by atoms with Gasteiger partial charge in [0.25, 0.3) is 5.88 Å². The predicted octanol–water partition coefficient (Wildman–Crippen LogP) is 3.44. The minimum absolute atomic E-state index is 0.341. The number of nitrogens with zero attached hydrogens (tertiary/aromatic N) is 2. The van der Waals surface area contributed by atoms with Crippen LogP contribution in [0, 0.1) is 5.92 Å². The molecule has 0 radical (unpaired) electrons. The molecule has 4 nitrogen and oxygen atoms in total. The molecule has 1 aromatic heterocycles. The summed E-state index contributed by atoms with van der Waals surface area (Å²) in [5.74, 6) is 1.22. The van der Waals surface area contributed by atoms with Gasteiger partial charge in [-0.05, 0) is 56.8 Å². The Morgan fingerprint density at radius 1 is 1.24 bits per heavy atom. The molecule has 0 aliphatic carbocycles. The summed E-state index contributed by atoms with van der Waals surface area (Å²) in [5, 5.41) is 3.78. The number of fused-ring (bicyclic) bond motifs is 1. The number of benzene rings is 1. The smallest absolute Gasteiger partial charge is 0.252 e. The monoisotopic (exact) mass is 305 g/mol. The number of nitrogens with one attached hydrogen (secondary N) is 1. The Labute approximate surface area is 129 Å². The summed E-state index contributed by atoms with van der Waals surface area (Å²) >= 11 is 6.12. The number of ether oxygens (including phenoxy) is 1. The Kier molecular flexibility index (Phi) is 4.88. The van der Waals surface area contributed by atoms with Crippen LogP contribution in [-0.4, -0.2) is 29.7 Å². The Hall–Kier alpha value is -1.39. The fourth-order valence-electron chi connectivity index (χ4n) is 2.77. The molecule has 1 N–H and O–H groups in total. The summed E-state index contributed by atoms with van der Waals surface area (Å²) in [6, 6.07) is 7.67. The molecular formula is C16H20ClN3O. The van der Waals surface area contributed by atoms with Crippen LogP contribution in [0.3, 0.4) is 0 Å². The molecule has 1 aromatic carbocycles. The molecule has 0 spiro atoms. The number of hydrogen-bond acceptors (Lipinski definition) is 4. The first-order valence-corrected chi connectivity index (χ1v) is 7.96. The minimum Gasteiger partial charge on any atom is -0.475 e. The van der Waals surface area contributed by atoms with E-state index in [1.165, 1.54) is 19.3 Å². The van der Waals surface area contributed by atoms with Crippen LogP contribution >= 0.6 is 11.6 Å². The van der Waals surface area contributed by atoms with Crippen LogP contribution in [0.4, 0.5) is 0 Å². The molecule has 1 atom stereocenters. The van der Waals surface area contributed by atoms with Crippen molar-refractivity contribution in [2.24, 2.45) is 5.92 Å². The van der Waals surface area contributed by atoms with Crippen molar-refractivity contribution in [3.8, 4) is 5.88 Å².